The minimum atomic E-state index is -3.16. The summed E-state index contributed by atoms with van der Waals surface area (Å²) in [6.07, 6.45) is 0. The highest BCUT2D eigenvalue weighted by molar-refractivity contribution is 7.53. The van der Waals surface area contributed by atoms with E-state index in [0.717, 1.165) is 0 Å². The van der Waals surface area contributed by atoms with E-state index in [1.807, 2.05) is 0 Å². The molecule has 0 aliphatic carbocycles. The standard InChI is InChI=1S/C9H10Cl3O3P/c1-3-14-16(2,13)15-9-5-7(11)6(10)4-8(9)12/h4-5H,3H2,1-2H3. The van der Waals surface area contributed by atoms with Gasteiger partial charge in [0.25, 0.3) is 0 Å². The van der Waals surface area contributed by atoms with Gasteiger partial charge in [-0.2, -0.15) is 0 Å². The third-order valence-electron chi connectivity index (χ3n) is 1.60. The number of hydrogen-bond acceptors (Lipinski definition) is 3. The summed E-state index contributed by atoms with van der Waals surface area (Å²) in [4.78, 5) is 0. The lowest BCUT2D eigenvalue weighted by Gasteiger charge is -2.15. The van der Waals surface area contributed by atoms with E-state index in [9.17, 15) is 4.57 Å². The number of hydrogen-bond donors (Lipinski definition) is 0. The lowest BCUT2D eigenvalue weighted by Crippen LogP contribution is -1.96. The maximum Gasteiger partial charge on any atom is 0.376 e. The maximum absolute atomic E-state index is 11.8. The molecule has 1 rings (SSSR count). The molecule has 1 aromatic rings. The molecule has 0 heterocycles. The molecule has 0 fully saturated rings. The van der Waals surface area contributed by atoms with E-state index in [1.165, 1.54) is 18.8 Å². The Balaban J connectivity index is 2.98. The van der Waals surface area contributed by atoms with E-state index < -0.39 is 7.60 Å². The molecule has 0 aliphatic rings. The number of benzene rings is 1. The van der Waals surface area contributed by atoms with Gasteiger partial charge >= 0.3 is 7.60 Å². The molecule has 0 spiro atoms. The van der Waals surface area contributed by atoms with Crippen LogP contribution in [0.4, 0.5) is 0 Å². The summed E-state index contributed by atoms with van der Waals surface area (Å²) in [5.74, 6) is 0.190. The minimum Gasteiger partial charge on any atom is -0.423 e. The van der Waals surface area contributed by atoms with Crippen LogP contribution in [0.25, 0.3) is 0 Å². The first kappa shape index (κ1) is 14.1. The summed E-state index contributed by atoms with van der Waals surface area (Å²) in [5.41, 5.74) is 0. The summed E-state index contributed by atoms with van der Waals surface area (Å²) in [7, 11) is -3.16. The quantitative estimate of drug-likeness (QED) is 0.587. The Hall–Kier alpha value is 0.0800. The van der Waals surface area contributed by atoms with Gasteiger partial charge in [0.05, 0.1) is 21.7 Å². The highest BCUT2D eigenvalue weighted by atomic mass is 35.5. The van der Waals surface area contributed by atoms with Crippen molar-refractivity contribution in [1.29, 1.82) is 0 Å². The topological polar surface area (TPSA) is 35.5 Å². The van der Waals surface area contributed by atoms with Gasteiger partial charge in [-0.25, -0.2) is 4.57 Å². The van der Waals surface area contributed by atoms with Gasteiger partial charge in [-0.15, -0.1) is 0 Å². The van der Waals surface area contributed by atoms with E-state index in [1.54, 1.807) is 6.92 Å². The van der Waals surface area contributed by atoms with Crippen LogP contribution in [0.1, 0.15) is 6.92 Å². The zero-order valence-corrected chi connectivity index (χ0v) is 11.8. The van der Waals surface area contributed by atoms with Gasteiger partial charge in [0.15, 0.2) is 0 Å². The van der Waals surface area contributed by atoms with Gasteiger partial charge in [0.2, 0.25) is 0 Å². The van der Waals surface area contributed by atoms with Crippen LogP contribution in [0.15, 0.2) is 12.1 Å². The molecule has 0 aliphatic heterocycles. The molecule has 0 amide bonds. The zero-order chi connectivity index (χ0) is 12.3. The molecule has 3 nitrogen and oxygen atoms in total. The van der Waals surface area contributed by atoms with Crippen LogP contribution in [-0.4, -0.2) is 13.3 Å². The molecule has 0 saturated heterocycles. The van der Waals surface area contributed by atoms with Crippen LogP contribution < -0.4 is 4.52 Å². The van der Waals surface area contributed by atoms with Crippen LogP contribution in [0, 0.1) is 0 Å². The van der Waals surface area contributed by atoms with Gasteiger partial charge in [-0.3, -0.25) is 0 Å². The van der Waals surface area contributed by atoms with E-state index in [0.29, 0.717) is 5.02 Å². The third kappa shape index (κ3) is 3.83. The molecule has 0 radical (unpaired) electrons. The highest BCUT2D eigenvalue weighted by Gasteiger charge is 2.20. The van der Waals surface area contributed by atoms with Gasteiger partial charge in [-0.1, -0.05) is 34.8 Å². The van der Waals surface area contributed by atoms with Gasteiger partial charge < -0.3 is 9.05 Å². The van der Waals surface area contributed by atoms with Crippen molar-refractivity contribution in [3.05, 3.63) is 27.2 Å². The fourth-order valence-corrected chi connectivity index (χ4v) is 2.67. The second kappa shape index (κ2) is 5.61. The number of rotatable bonds is 4. The van der Waals surface area contributed by atoms with Crippen LogP contribution in [0.5, 0.6) is 5.75 Å². The predicted molar refractivity (Wildman–Crippen MR) is 67.3 cm³/mol. The van der Waals surface area contributed by atoms with Crippen LogP contribution in [-0.2, 0) is 9.09 Å². The summed E-state index contributed by atoms with van der Waals surface area (Å²) in [6, 6.07) is 2.83. The molecule has 0 N–H and O–H groups in total. The zero-order valence-electron chi connectivity index (χ0n) is 8.67. The van der Waals surface area contributed by atoms with Crippen LogP contribution >= 0.6 is 42.4 Å². The second-order valence-corrected chi connectivity index (χ2v) is 6.18. The van der Waals surface area contributed by atoms with Crippen molar-refractivity contribution in [2.45, 2.75) is 6.92 Å². The minimum absolute atomic E-state index is 0.190. The largest absolute Gasteiger partial charge is 0.423 e. The number of halogens is 3. The second-order valence-electron chi connectivity index (χ2n) is 2.98. The van der Waals surface area contributed by atoms with Crippen molar-refractivity contribution in [1.82, 2.24) is 0 Å². The lowest BCUT2D eigenvalue weighted by molar-refractivity contribution is 0.284. The van der Waals surface area contributed by atoms with Gasteiger partial charge in [-0.05, 0) is 13.0 Å². The van der Waals surface area contributed by atoms with Gasteiger partial charge in [0, 0.05) is 12.7 Å². The first-order valence-electron chi connectivity index (χ1n) is 4.42. The molecule has 16 heavy (non-hydrogen) atoms. The van der Waals surface area contributed by atoms with Crippen molar-refractivity contribution in [2.24, 2.45) is 0 Å². The fourth-order valence-electron chi connectivity index (χ4n) is 1.01. The molecular formula is C9H10Cl3O3P. The highest BCUT2D eigenvalue weighted by Crippen LogP contribution is 2.47. The Morgan fingerprint density at radius 3 is 2.31 bits per heavy atom. The lowest BCUT2D eigenvalue weighted by atomic mass is 10.3. The Kier molecular flexibility index (Phi) is 4.96. The van der Waals surface area contributed by atoms with Crippen molar-refractivity contribution >= 4 is 42.4 Å². The van der Waals surface area contributed by atoms with Crippen molar-refractivity contribution in [2.75, 3.05) is 13.3 Å². The molecule has 1 atom stereocenters. The molecule has 1 unspecified atom stereocenters. The molecular weight excluding hydrogens is 293 g/mol. The maximum atomic E-state index is 11.8. The van der Waals surface area contributed by atoms with E-state index in [2.05, 4.69) is 0 Å². The van der Waals surface area contributed by atoms with Crippen LogP contribution in [0.2, 0.25) is 15.1 Å². The predicted octanol–water partition coefficient (Wildman–Crippen LogP) is 4.89. The summed E-state index contributed by atoms with van der Waals surface area (Å²) >= 11 is 17.4. The summed E-state index contributed by atoms with van der Waals surface area (Å²) in [5, 5.41) is 0.815. The molecule has 0 aromatic heterocycles. The third-order valence-corrected chi connectivity index (χ3v) is 3.88. The smallest absolute Gasteiger partial charge is 0.376 e. The average molecular weight is 304 g/mol. The van der Waals surface area contributed by atoms with E-state index in [4.69, 9.17) is 43.9 Å². The molecule has 90 valence electrons. The Bertz CT molecular complexity index is 436. The first-order valence-corrected chi connectivity index (χ1v) is 7.54. The average Bonchev–Trinajstić information content (AvgIpc) is 2.13. The normalized spacial score (nSPS) is 14.6. The first-order chi connectivity index (χ1) is 7.35. The SMILES string of the molecule is CCOP(C)(=O)Oc1cc(Cl)c(Cl)cc1Cl. The summed E-state index contributed by atoms with van der Waals surface area (Å²) < 4.78 is 21.9. The molecule has 7 heteroatoms. The van der Waals surface area contributed by atoms with Gasteiger partial charge in [0.1, 0.15) is 5.75 Å². The Morgan fingerprint density at radius 1 is 1.19 bits per heavy atom. The molecule has 0 saturated carbocycles. The fraction of sp³-hybridized carbons (Fsp3) is 0.333. The van der Waals surface area contributed by atoms with Crippen molar-refractivity contribution < 1.29 is 13.6 Å². The van der Waals surface area contributed by atoms with E-state index >= 15 is 0 Å². The monoisotopic (exact) mass is 302 g/mol. The molecule has 1 aromatic carbocycles. The Morgan fingerprint density at radius 2 is 1.75 bits per heavy atom. The molecule has 0 bridgehead atoms. The van der Waals surface area contributed by atoms with Crippen molar-refractivity contribution in [3.8, 4) is 5.75 Å². The summed E-state index contributed by atoms with van der Waals surface area (Å²) in [6.45, 7) is 3.36. The van der Waals surface area contributed by atoms with Crippen LogP contribution in [0.3, 0.4) is 0 Å². The van der Waals surface area contributed by atoms with E-state index in [-0.39, 0.29) is 22.4 Å². The Labute approximate surface area is 109 Å². The van der Waals surface area contributed by atoms with Crippen molar-refractivity contribution in [3.63, 3.8) is 0 Å².